The van der Waals surface area contributed by atoms with E-state index < -0.39 is 23.7 Å². The molecule has 3 aliphatic carbocycles. The number of oxazole rings is 1. The van der Waals surface area contributed by atoms with E-state index in [0.29, 0.717) is 45.9 Å². The molecular weight excluding hydrogens is 568 g/mol. The van der Waals surface area contributed by atoms with Crippen LogP contribution in [0.2, 0.25) is 0 Å². The van der Waals surface area contributed by atoms with Crippen molar-refractivity contribution in [2.75, 3.05) is 4.90 Å². The Labute approximate surface area is 258 Å². The molecule has 0 radical (unpaired) electrons. The van der Waals surface area contributed by atoms with Gasteiger partial charge in [-0.3, -0.25) is 24.1 Å². The number of rotatable bonds is 3. The molecule has 0 bridgehead atoms. The van der Waals surface area contributed by atoms with Gasteiger partial charge >= 0.3 is 0 Å². The molecule has 4 aliphatic rings. The molecule has 4 aromatic rings. The highest BCUT2D eigenvalue weighted by Crippen LogP contribution is 2.55. The van der Waals surface area contributed by atoms with E-state index in [0.717, 1.165) is 22.2 Å². The summed E-state index contributed by atoms with van der Waals surface area (Å²) < 4.78 is 5.89. The van der Waals surface area contributed by atoms with E-state index in [9.17, 15) is 24.3 Å². The fourth-order valence-corrected chi connectivity index (χ4v) is 7.60. The normalized spacial score (nSPS) is 24.4. The maximum atomic E-state index is 14.2. The minimum atomic E-state index is -0.668. The first kappa shape index (κ1) is 27.2. The van der Waals surface area contributed by atoms with Crippen LogP contribution in [0.5, 0.6) is 5.75 Å². The van der Waals surface area contributed by atoms with Crippen LogP contribution in [0.3, 0.4) is 0 Å². The van der Waals surface area contributed by atoms with Crippen LogP contribution < -0.4 is 4.90 Å². The average molecular weight is 597 g/mol. The molecule has 1 N–H and O–H groups in total. The first-order valence-corrected chi connectivity index (χ1v) is 15.0. The summed E-state index contributed by atoms with van der Waals surface area (Å²) in [6, 6.07) is 19.7. The quantitative estimate of drug-likeness (QED) is 0.171. The highest BCUT2D eigenvalue weighted by molar-refractivity contribution is 6.25. The standard InChI is InChI=1S/C37H28N2O6/c1-18-15-21(9-14-28(18)40)31-23-12-13-24-32(25(23)17-26-29(41)16-19(2)34(42)33(26)31)37(44)39(36(24)43)22-10-7-20(8-11-22)35-38-27-5-3-4-6-30(27)45-35/h3-12,14-16,24-25,31-32,40H,13,17H2,1-2H3/t24-,25+,31-,32-/m0/s1. The van der Waals surface area contributed by atoms with Crippen LogP contribution in [-0.4, -0.2) is 33.5 Å². The summed E-state index contributed by atoms with van der Waals surface area (Å²) in [5.41, 5.74) is 6.12. The molecule has 1 saturated heterocycles. The number of carbonyl (C=O) groups is 4. The average Bonchev–Trinajstić information content (AvgIpc) is 3.59. The minimum Gasteiger partial charge on any atom is -0.508 e. The molecular formula is C37H28N2O6. The third kappa shape index (κ3) is 4.01. The van der Waals surface area contributed by atoms with Crippen LogP contribution in [0.4, 0.5) is 5.69 Å². The molecule has 8 rings (SSSR count). The van der Waals surface area contributed by atoms with Crippen molar-refractivity contribution in [2.45, 2.75) is 32.6 Å². The summed E-state index contributed by atoms with van der Waals surface area (Å²) in [7, 11) is 0. The number of anilines is 1. The lowest BCUT2D eigenvalue weighted by molar-refractivity contribution is -0.123. The van der Waals surface area contributed by atoms with Crippen molar-refractivity contribution < 1.29 is 28.7 Å². The largest absolute Gasteiger partial charge is 0.508 e. The van der Waals surface area contributed by atoms with E-state index in [-0.39, 0.29) is 35.6 Å². The molecule has 8 nitrogen and oxygen atoms in total. The van der Waals surface area contributed by atoms with Gasteiger partial charge in [-0.05, 0) is 92.3 Å². The third-order valence-corrected chi connectivity index (χ3v) is 9.79. The number of aromatic nitrogens is 1. The zero-order valence-corrected chi connectivity index (χ0v) is 24.6. The number of hydrogen-bond donors (Lipinski definition) is 1. The van der Waals surface area contributed by atoms with E-state index in [2.05, 4.69) is 4.98 Å². The summed E-state index contributed by atoms with van der Waals surface area (Å²) in [4.78, 5) is 60.8. The van der Waals surface area contributed by atoms with Crippen molar-refractivity contribution in [2.24, 2.45) is 17.8 Å². The molecule has 45 heavy (non-hydrogen) atoms. The van der Waals surface area contributed by atoms with E-state index >= 15 is 0 Å². The van der Waals surface area contributed by atoms with Crippen molar-refractivity contribution in [3.8, 4) is 17.2 Å². The number of aromatic hydroxyl groups is 1. The van der Waals surface area contributed by atoms with E-state index in [4.69, 9.17) is 4.42 Å². The number of carbonyl (C=O) groups excluding carboxylic acids is 4. The second kappa shape index (κ2) is 9.82. The van der Waals surface area contributed by atoms with Gasteiger partial charge in [-0.15, -0.1) is 0 Å². The topological polar surface area (TPSA) is 118 Å². The number of hydrogen-bond acceptors (Lipinski definition) is 7. The van der Waals surface area contributed by atoms with Gasteiger partial charge in [0.2, 0.25) is 17.7 Å². The molecule has 0 saturated carbocycles. The predicted molar refractivity (Wildman–Crippen MR) is 166 cm³/mol. The van der Waals surface area contributed by atoms with E-state index in [1.54, 1.807) is 50.2 Å². The number of ketones is 2. The molecule has 222 valence electrons. The number of nitrogens with zero attached hydrogens (tertiary/aromatic N) is 2. The Balaban J connectivity index is 1.16. The van der Waals surface area contributed by atoms with Gasteiger partial charge in [-0.25, -0.2) is 4.98 Å². The Morgan fingerprint density at radius 1 is 0.911 bits per heavy atom. The number of amides is 2. The minimum absolute atomic E-state index is 0.134. The van der Waals surface area contributed by atoms with Crippen LogP contribution in [0.25, 0.3) is 22.6 Å². The second-order valence-corrected chi connectivity index (χ2v) is 12.3. The predicted octanol–water partition coefficient (Wildman–Crippen LogP) is 6.14. The van der Waals surface area contributed by atoms with Crippen molar-refractivity contribution in [3.05, 3.63) is 112 Å². The third-order valence-electron chi connectivity index (χ3n) is 9.79. The Bertz CT molecular complexity index is 2060. The molecule has 0 spiro atoms. The molecule has 1 aliphatic heterocycles. The van der Waals surface area contributed by atoms with Gasteiger partial charge in [0.05, 0.1) is 17.5 Å². The highest BCUT2D eigenvalue weighted by atomic mass is 16.3. The van der Waals surface area contributed by atoms with Gasteiger partial charge < -0.3 is 9.52 Å². The summed E-state index contributed by atoms with van der Waals surface area (Å²) in [5.74, 6) is -2.62. The second-order valence-electron chi connectivity index (χ2n) is 12.3. The van der Waals surface area contributed by atoms with Gasteiger partial charge in [0.1, 0.15) is 11.3 Å². The Morgan fingerprint density at radius 3 is 2.44 bits per heavy atom. The monoisotopic (exact) mass is 596 g/mol. The molecule has 1 aromatic heterocycles. The summed E-state index contributed by atoms with van der Waals surface area (Å²) in [6.07, 6.45) is 3.94. The molecule has 2 heterocycles. The number of phenolic OH excluding ortho intramolecular Hbond substituents is 1. The first-order valence-electron chi connectivity index (χ1n) is 15.0. The number of imide groups is 1. The summed E-state index contributed by atoms with van der Waals surface area (Å²) in [5, 5.41) is 10.2. The van der Waals surface area contributed by atoms with Gasteiger partial charge in [0.25, 0.3) is 0 Å². The number of aryl methyl sites for hydroxylation is 1. The Kier molecular flexibility index (Phi) is 5.94. The zero-order valence-electron chi connectivity index (χ0n) is 24.6. The van der Waals surface area contributed by atoms with Crippen molar-refractivity contribution in [1.29, 1.82) is 0 Å². The van der Waals surface area contributed by atoms with Crippen LogP contribution in [0.15, 0.2) is 106 Å². The summed E-state index contributed by atoms with van der Waals surface area (Å²) in [6.45, 7) is 3.43. The fourth-order valence-electron chi connectivity index (χ4n) is 7.60. The van der Waals surface area contributed by atoms with Crippen molar-refractivity contribution in [1.82, 2.24) is 4.98 Å². The zero-order chi connectivity index (χ0) is 31.1. The van der Waals surface area contributed by atoms with Crippen molar-refractivity contribution >= 4 is 40.2 Å². The number of benzene rings is 3. The number of allylic oxidation sites excluding steroid dienone is 6. The molecule has 4 atom stereocenters. The number of para-hydroxylation sites is 2. The number of phenols is 1. The maximum Gasteiger partial charge on any atom is 0.238 e. The fraction of sp³-hybridized carbons (Fsp3) is 0.216. The van der Waals surface area contributed by atoms with Gasteiger partial charge in [-0.2, -0.15) is 0 Å². The van der Waals surface area contributed by atoms with Gasteiger partial charge in [-0.1, -0.05) is 35.9 Å². The summed E-state index contributed by atoms with van der Waals surface area (Å²) >= 11 is 0. The lowest BCUT2D eigenvalue weighted by Gasteiger charge is -2.42. The molecule has 0 unspecified atom stereocenters. The SMILES string of the molecule is CC1=CC(=O)C2=C(C1=O)[C@@H](c1ccc(O)c(C)c1)C1=CC[C@@H]3C(=O)N(c4ccc(-c5nc6ccccc6o5)cc4)C(=O)[C@@H]3[C@@H]1C2. The molecule has 2 amide bonds. The van der Waals surface area contributed by atoms with Crippen LogP contribution in [0, 0.1) is 24.7 Å². The highest BCUT2D eigenvalue weighted by Gasteiger charge is 2.56. The number of fused-ring (bicyclic) bond motifs is 4. The van der Waals surface area contributed by atoms with E-state index in [1.807, 2.05) is 36.4 Å². The molecule has 8 heteroatoms. The number of Topliss-reactive ketones (excluding diaryl/α,β-unsaturated/α-hetero) is 1. The van der Waals surface area contributed by atoms with E-state index in [1.165, 1.54) is 11.0 Å². The maximum absolute atomic E-state index is 14.2. The molecule has 1 fully saturated rings. The Hall–Kier alpha value is -5.37. The lowest BCUT2D eigenvalue weighted by atomic mass is 9.59. The van der Waals surface area contributed by atoms with Crippen LogP contribution >= 0.6 is 0 Å². The van der Waals surface area contributed by atoms with Gasteiger partial charge in [0, 0.05) is 28.2 Å². The van der Waals surface area contributed by atoms with Crippen LogP contribution in [-0.2, 0) is 19.2 Å². The first-order chi connectivity index (χ1) is 21.7. The molecule has 3 aromatic carbocycles. The van der Waals surface area contributed by atoms with Crippen LogP contribution in [0.1, 0.15) is 36.8 Å². The smallest absolute Gasteiger partial charge is 0.238 e. The van der Waals surface area contributed by atoms with Crippen molar-refractivity contribution in [3.63, 3.8) is 0 Å². The lowest BCUT2D eigenvalue weighted by Crippen LogP contribution is -2.39. The Morgan fingerprint density at radius 2 is 1.69 bits per heavy atom. The van der Waals surface area contributed by atoms with Gasteiger partial charge in [0.15, 0.2) is 17.1 Å².